The molecule has 1 aliphatic heterocycles. The van der Waals surface area contributed by atoms with Crippen LogP contribution in [0.15, 0.2) is 18.2 Å². The summed E-state index contributed by atoms with van der Waals surface area (Å²) in [5.74, 6) is 0.622. The van der Waals surface area contributed by atoms with Gasteiger partial charge < -0.3 is 10.1 Å². The van der Waals surface area contributed by atoms with Crippen molar-refractivity contribution in [3.8, 4) is 0 Å². The molecule has 2 nitrogen and oxygen atoms in total. The average molecular weight is 247 g/mol. The molecular formula is C16H25NO. The van der Waals surface area contributed by atoms with E-state index in [0.717, 1.165) is 19.7 Å². The average Bonchev–Trinajstić information content (AvgIpc) is 2.78. The summed E-state index contributed by atoms with van der Waals surface area (Å²) in [6, 6.07) is 6.52. The number of nitrogens with one attached hydrogen (secondary N) is 1. The fourth-order valence-electron chi connectivity index (χ4n) is 2.90. The maximum atomic E-state index is 6.00. The molecule has 2 atom stereocenters. The Morgan fingerprint density at radius 2 is 2.00 bits per heavy atom. The van der Waals surface area contributed by atoms with Crippen LogP contribution in [0.2, 0.25) is 0 Å². The minimum Gasteiger partial charge on any atom is -0.373 e. The summed E-state index contributed by atoms with van der Waals surface area (Å²) >= 11 is 0. The van der Waals surface area contributed by atoms with Crippen LogP contribution in [0.4, 0.5) is 0 Å². The fraction of sp³-hybridized carbons (Fsp3) is 0.625. The van der Waals surface area contributed by atoms with Crippen molar-refractivity contribution in [3.05, 3.63) is 34.9 Å². The second-order valence-electron chi connectivity index (χ2n) is 5.35. The Kier molecular flexibility index (Phi) is 4.79. The summed E-state index contributed by atoms with van der Waals surface area (Å²) in [7, 11) is 0. The van der Waals surface area contributed by atoms with E-state index in [-0.39, 0.29) is 6.10 Å². The van der Waals surface area contributed by atoms with Gasteiger partial charge in [0.25, 0.3) is 0 Å². The van der Waals surface area contributed by atoms with E-state index >= 15 is 0 Å². The lowest BCUT2D eigenvalue weighted by Crippen LogP contribution is -2.26. The molecule has 1 heterocycles. The second-order valence-corrected chi connectivity index (χ2v) is 5.35. The lowest BCUT2D eigenvalue weighted by atomic mass is 9.89. The minimum absolute atomic E-state index is 0.288. The van der Waals surface area contributed by atoms with E-state index in [1.54, 1.807) is 0 Å². The standard InChI is InChI=1S/C16H25NO/c1-4-9-17-11-14-8-10-18-16(14)15-12(2)6-5-7-13(15)3/h5-7,14,16-17H,4,8-11H2,1-3H3. The predicted molar refractivity (Wildman–Crippen MR) is 75.9 cm³/mol. The van der Waals surface area contributed by atoms with Gasteiger partial charge in [-0.1, -0.05) is 25.1 Å². The van der Waals surface area contributed by atoms with E-state index in [9.17, 15) is 0 Å². The Morgan fingerprint density at radius 1 is 1.28 bits per heavy atom. The molecular weight excluding hydrogens is 222 g/mol. The molecule has 18 heavy (non-hydrogen) atoms. The third-order valence-corrected chi connectivity index (χ3v) is 3.87. The number of benzene rings is 1. The maximum Gasteiger partial charge on any atom is 0.0871 e. The first-order valence-electron chi connectivity index (χ1n) is 7.12. The van der Waals surface area contributed by atoms with Crippen LogP contribution in [-0.4, -0.2) is 19.7 Å². The smallest absolute Gasteiger partial charge is 0.0871 e. The highest BCUT2D eigenvalue weighted by Gasteiger charge is 2.31. The quantitative estimate of drug-likeness (QED) is 0.805. The second kappa shape index (κ2) is 6.35. The van der Waals surface area contributed by atoms with Crippen LogP contribution in [0.25, 0.3) is 0 Å². The highest BCUT2D eigenvalue weighted by molar-refractivity contribution is 5.36. The van der Waals surface area contributed by atoms with Gasteiger partial charge >= 0.3 is 0 Å². The lowest BCUT2D eigenvalue weighted by Gasteiger charge is -2.23. The van der Waals surface area contributed by atoms with Crippen molar-refractivity contribution in [2.45, 2.75) is 39.7 Å². The van der Waals surface area contributed by atoms with Crippen molar-refractivity contribution in [2.24, 2.45) is 5.92 Å². The van der Waals surface area contributed by atoms with Gasteiger partial charge in [0.05, 0.1) is 6.10 Å². The summed E-state index contributed by atoms with van der Waals surface area (Å²) < 4.78 is 6.00. The van der Waals surface area contributed by atoms with Crippen LogP contribution >= 0.6 is 0 Å². The van der Waals surface area contributed by atoms with Crippen molar-refractivity contribution in [1.82, 2.24) is 5.32 Å². The number of hydrogen-bond acceptors (Lipinski definition) is 2. The zero-order valence-corrected chi connectivity index (χ0v) is 11.8. The topological polar surface area (TPSA) is 21.3 Å². The van der Waals surface area contributed by atoms with Gasteiger partial charge in [-0.25, -0.2) is 0 Å². The van der Waals surface area contributed by atoms with E-state index < -0.39 is 0 Å². The molecule has 0 radical (unpaired) electrons. The molecule has 2 rings (SSSR count). The molecule has 2 unspecified atom stereocenters. The van der Waals surface area contributed by atoms with Crippen LogP contribution in [-0.2, 0) is 4.74 Å². The molecule has 100 valence electrons. The van der Waals surface area contributed by atoms with Crippen LogP contribution in [0, 0.1) is 19.8 Å². The van der Waals surface area contributed by atoms with Gasteiger partial charge in [-0.05, 0) is 49.9 Å². The molecule has 1 aliphatic rings. The lowest BCUT2D eigenvalue weighted by molar-refractivity contribution is 0.0895. The van der Waals surface area contributed by atoms with Gasteiger partial charge in [0.2, 0.25) is 0 Å². The van der Waals surface area contributed by atoms with Gasteiger partial charge in [0.1, 0.15) is 0 Å². The van der Waals surface area contributed by atoms with Crippen LogP contribution in [0.5, 0.6) is 0 Å². The van der Waals surface area contributed by atoms with Crippen molar-refractivity contribution in [3.63, 3.8) is 0 Å². The fourth-order valence-corrected chi connectivity index (χ4v) is 2.90. The normalized spacial score (nSPS) is 23.5. The van der Waals surface area contributed by atoms with E-state index in [1.165, 1.54) is 29.5 Å². The summed E-state index contributed by atoms with van der Waals surface area (Å²) in [6.45, 7) is 9.68. The highest BCUT2D eigenvalue weighted by Crippen LogP contribution is 2.37. The van der Waals surface area contributed by atoms with Crippen molar-refractivity contribution < 1.29 is 4.74 Å². The van der Waals surface area contributed by atoms with Gasteiger partial charge in [0.15, 0.2) is 0 Å². The van der Waals surface area contributed by atoms with Gasteiger partial charge in [-0.3, -0.25) is 0 Å². The van der Waals surface area contributed by atoms with Crippen molar-refractivity contribution in [2.75, 3.05) is 19.7 Å². The first-order valence-corrected chi connectivity index (χ1v) is 7.12. The molecule has 0 spiro atoms. The van der Waals surface area contributed by atoms with E-state index in [1.807, 2.05) is 0 Å². The third-order valence-electron chi connectivity index (χ3n) is 3.87. The molecule has 0 aliphatic carbocycles. The number of aryl methyl sites for hydroxylation is 2. The minimum atomic E-state index is 0.288. The molecule has 0 aromatic heterocycles. The predicted octanol–water partition coefficient (Wildman–Crippen LogP) is 3.38. The zero-order valence-electron chi connectivity index (χ0n) is 11.8. The Balaban J connectivity index is 2.11. The summed E-state index contributed by atoms with van der Waals surface area (Å²) in [6.07, 6.45) is 2.66. The molecule has 2 heteroatoms. The first-order chi connectivity index (χ1) is 8.74. The number of rotatable bonds is 5. The highest BCUT2D eigenvalue weighted by atomic mass is 16.5. The summed E-state index contributed by atoms with van der Waals surface area (Å²) in [5.41, 5.74) is 4.14. The van der Waals surface area contributed by atoms with Crippen LogP contribution in [0.3, 0.4) is 0 Å². The molecule has 0 saturated carbocycles. The maximum absolute atomic E-state index is 6.00. The van der Waals surface area contributed by atoms with Crippen molar-refractivity contribution >= 4 is 0 Å². The van der Waals surface area contributed by atoms with E-state index in [0.29, 0.717) is 5.92 Å². The van der Waals surface area contributed by atoms with Gasteiger partial charge in [0, 0.05) is 19.1 Å². The summed E-state index contributed by atoms with van der Waals surface area (Å²) in [5, 5.41) is 3.54. The molecule has 1 N–H and O–H groups in total. The third kappa shape index (κ3) is 2.93. The Morgan fingerprint density at radius 3 is 2.67 bits per heavy atom. The Hall–Kier alpha value is -0.860. The Bertz CT molecular complexity index is 368. The summed E-state index contributed by atoms with van der Waals surface area (Å²) in [4.78, 5) is 0. The SMILES string of the molecule is CCCNCC1CCOC1c1c(C)cccc1C. The van der Waals surface area contributed by atoms with Gasteiger partial charge in [-0.15, -0.1) is 0 Å². The van der Waals surface area contributed by atoms with Crippen LogP contribution < -0.4 is 5.32 Å². The van der Waals surface area contributed by atoms with Crippen molar-refractivity contribution in [1.29, 1.82) is 0 Å². The molecule has 1 saturated heterocycles. The molecule has 1 aromatic rings. The number of ether oxygens (including phenoxy) is 1. The van der Waals surface area contributed by atoms with E-state index in [4.69, 9.17) is 4.74 Å². The first kappa shape index (κ1) is 13.6. The monoisotopic (exact) mass is 247 g/mol. The largest absolute Gasteiger partial charge is 0.373 e. The van der Waals surface area contributed by atoms with Crippen LogP contribution in [0.1, 0.15) is 42.6 Å². The van der Waals surface area contributed by atoms with E-state index in [2.05, 4.69) is 44.3 Å². The number of hydrogen-bond donors (Lipinski definition) is 1. The Labute approximate surface area is 111 Å². The molecule has 0 amide bonds. The molecule has 1 aromatic carbocycles. The molecule has 0 bridgehead atoms. The van der Waals surface area contributed by atoms with Gasteiger partial charge in [-0.2, -0.15) is 0 Å². The zero-order chi connectivity index (χ0) is 13.0. The molecule has 1 fully saturated rings.